The van der Waals surface area contributed by atoms with Gasteiger partial charge < -0.3 is 5.11 Å². The molecular formula is C7H9F2N2O2+. The average molecular weight is 191 g/mol. The topological polar surface area (TPSA) is 57.0 Å². The smallest absolute Gasteiger partial charge is 0.343 e. The molecule has 0 radical (unpaired) electrons. The number of aryl methyl sites for hydroxylation is 1. The molecular weight excluding hydrogens is 182 g/mol. The van der Waals surface area contributed by atoms with Crippen LogP contribution in [0.3, 0.4) is 0 Å². The predicted octanol–water partition coefficient (Wildman–Crippen LogP) is 0.574. The molecule has 6 heteroatoms. The molecule has 0 fully saturated rings. The zero-order chi connectivity index (χ0) is 10.0. The summed E-state index contributed by atoms with van der Waals surface area (Å²) in [4.78, 5) is 10.5. The number of nitrogens with zero attached hydrogens (tertiary/aromatic N) is 1. The van der Waals surface area contributed by atoms with Crippen molar-refractivity contribution in [2.24, 2.45) is 0 Å². The van der Waals surface area contributed by atoms with Crippen LogP contribution in [0.25, 0.3) is 0 Å². The number of nitrogens with one attached hydrogen (secondary N) is 1. The maximum absolute atomic E-state index is 11.9. The Kier molecular flexibility index (Phi) is 2.60. The highest BCUT2D eigenvalue weighted by Crippen LogP contribution is 2.01. The number of hydrogen-bond acceptors (Lipinski definition) is 1. The van der Waals surface area contributed by atoms with Gasteiger partial charge in [0.05, 0.1) is 5.69 Å². The van der Waals surface area contributed by atoms with Gasteiger partial charge in [-0.05, 0) is 6.92 Å². The van der Waals surface area contributed by atoms with Crippen molar-refractivity contribution in [3.63, 3.8) is 0 Å². The Hall–Kier alpha value is -1.46. The Bertz CT molecular complexity index is 322. The number of aromatic amines is 1. The number of halogens is 2. The molecule has 4 nitrogen and oxygen atoms in total. The monoisotopic (exact) mass is 191 g/mol. The number of aromatic carboxylic acids is 1. The van der Waals surface area contributed by atoms with Crippen LogP contribution in [0.1, 0.15) is 16.1 Å². The molecule has 0 amide bonds. The van der Waals surface area contributed by atoms with Gasteiger partial charge in [-0.15, -0.1) is 4.68 Å². The van der Waals surface area contributed by atoms with Gasteiger partial charge in [0.15, 0.2) is 0 Å². The molecule has 0 aromatic carbocycles. The minimum atomic E-state index is -2.50. The molecule has 0 atom stereocenters. The van der Waals surface area contributed by atoms with Crippen molar-refractivity contribution in [3.8, 4) is 0 Å². The Morgan fingerprint density at radius 1 is 1.77 bits per heavy atom. The number of hydrogen-bond donors (Lipinski definition) is 2. The van der Waals surface area contributed by atoms with Crippen LogP contribution < -0.4 is 4.68 Å². The van der Waals surface area contributed by atoms with E-state index in [1.807, 2.05) is 0 Å². The van der Waals surface area contributed by atoms with Gasteiger partial charge in [-0.3, -0.25) is 0 Å². The fraction of sp³-hybridized carbons (Fsp3) is 0.429. The second-order valence-corrected chi connectivity index (χ2v) is 2.63. The summed E-state index contributed by atoms with van der Waals surface area (Å²) in [5.74, 6) is -1.12. The van der Waals surface area contributed by atoms with Gasteiger partial charge in [0, 0.05) is 0 Å². The van der Waals surface area contributed by atoms with E-state index in [0.717, 1.165) is 10.9 Å². The average Bonchev–Trinajstić information content (AvgIpc) is 2.29. The zero-order valence-electron chi connectivity index (χ0n) is 6.92. The standard InChI is InChI=1S/C7H8F2N2O2/c1-4-5(7(12)13)2-11(10-4)3-6(8)9/h2,6H,3H2,1H3,(H,12,13)/p+1. The van der Waals surface area contributed by atoms with Gasteiger partial charge in [0.1, 0.15) is 5.56 Å². The van der Waals surface area contributed by atoms with Crippen LogP contribution in [0.4, 0.5) is 8.78 Å². The zero-order valence-corrected chi connectivity index (χ0v) is 6.92. The molecule has 0 unspecified atom stereocenters. The third kappa shape index (κ3) is 2.24. The van der Waals surface area contributed by atoms with E-state index in [1.165, 1.54) is 6.92 Å². The predicted molar refractivity (Wildman–Crippen MR) is 38.7 cm³/mol. The lowest BCUT2D eigenvalue weighted by atomic mass is 10.3. The number of H-pyrrole nitrogens is 1. The molecule has 1 aromatic rings. The quantitative estimate of drug-likeness (QED) is 0.686. The lowest BCUT2D eigenvalue weighted by Crippen LogP contribution is -2.38. The number of carboxylic acid groups (broad SMARTS) is 1. The summed E-state index contributed by atoms with van der Waals surface area (Å²) < 4.78 is 24.8. The lowest BCUT2D eigenvalue weighted by Gasteiger charge is -1.88. The molecule has 0 saturated carbocycles. The number of carboxylic acids is 1. The Balaban J connectivity index is 2.89. The first-order valence-corrected chi connectivity index (χ1v) is 3.61. The van der Waals surface area contributed by atoms with Crippen molar-refractivity contribution in [2.75, 3.05) is 0 Å². The third-order valence-electron chi connectivity index (χ3n) is 1.57. The van der Waals surface area contributed by atoms with Crippen LogP contribution >= 0.6 is 0 Å². The summed E-state index contributed by atoms with van der Waals surface area (Å²) in [6, 6.07) is 0. The van der Waals surface area contributed by atoms with E-state index in [2.05, 4.69) is 5.10 Å². The van der Waals surface area contributed by atoms with Crippen molar-refractivity contribution < 1.29 is 23.4 Å². The maximum atomic E-state index is 11.9. The van der Waals surface area contributed by atoms with Crippen LogP contribution in [0, 0.1) is 6.92 Å². The Labute approximate surface area is 72.8 Å². The van der Waals surface area contributed by atoms with Crippen LogP contribution in [0.2, 0.25) is 0 Å². The molecule has 0 aliphatic rings. The fourth-order valence-electron chi connectivity index (χ4n) is 1.02. The largest absolute Gasteiger partial charge is 0.477 e. The molecule has 0 spiro atoms. The summed E-state index contributed by atoms with van der Waals surface area (Å²) in [6.45, 7) is 1.000. The summed E-state index contributed by atoms with van der Waals surface area (Å²) in [5, 5.41) is 11.1. The van der Waals surface area contributed by atoms with E-state index in [0.29, 0.717) is 5.69 Å². The maximum Gasteiger partial charge on any atom is 0.343 e. The normalized spacial score (nSPS) is 10.8. The molecule has 13 heavy (non-hydrogen) atoms. The van der Waals surface area contributed by atoms with Crippen molar-refractivity contribution in [1.29, 1.82) is 0 Å². The van der Waals surface area contributed by atoms with Crippen molar-refractivity contribution in [1.82, 2.24) is 5.10 Å². The van der Waals surface area contributed by atoms with Crippen LogP contribution in [0.5, 0.6) is 0 Å². The SMILES string of the molecule is Cc1[nH][n+](CC(F)F)cc1C(=O)O. The summed E-state index contributed by atoms with van der Waals surface area (Å²) in [7, 11) is 0. The van der Waals surface area contributed by atoms with Gasteiger partial charge >= 0.3 is 5.97 Å². The molecule has 0 saturated heterocycles. The minimum Gasteiger partial charge on any atom is -0.477 e. The minimum absolute atomic E-state index is 0.0145. The third-order valence-corrected chi connectivity index (χ3v) is 1.57. The lowest BCUT2D eigenvalue weighted by molar-refractivity contribution is -0.757. The first-order chi connectivity index (χ1) is 6.00. The molecule has 0 bridgehead atoms. The molecule has 0 aliphatic heterocycles. The van der Waals surface area contributed by atoms with Crippen LogP contribution in [-0.4, -0.2) is 22.6 Å². The number of aromatic nitrogens is 2. The van der Waals surface area contributed by atoms with Crippen molar-refractivity contribution in [2.45, 2.75) is 19.9 Å². The van der Waals surface area contributed by atoms with E-state index in [1.54, 1.807) is 0 Å². The van der Waals surface area contributed by atoms with E-state index in [-0.39, 0.29) is 5.56 Å². The van der Waals surface area contributed by atoms with Crippen LogP contribution in [-0.2, 0) is 6.54 Å². The molecule has 72 valence electrons. The van der Waals surface area contributed by atoms with Crippen LogP contribution in [0.15, 0.2) is 6.20 Å². The highest BCUT2D eigenvalue weighted by molar-refractivity contribution is 5.88. The Morgan fingerprint density at radius 2 is 2.38 bits per heavy atom. The van der Waals surface area contributed by atoms with Gasteiger partial charge in [-0.25, -0.2) is 13.6 Å². The summed E-state index contributed by atoms with van der Waals surface area (Å²) in [6.07, 6.45) is -1.34. The van der Waals surface area contributed by atoms with Crippen molar-refractivity contribution in [3.05, 3.63) is 17.5 Å². The second-order valence-electron chi connectivity index (χ2n) is 2.63. The molecule has 0 aliphatic carbocycles. The first kappa shape index (κ1) is 9.63. The first-order valence-electron chi connectivity index (χ1n) is 3.61. The second kappa shape index (κ2) is 3.51. The van der Waals surface area contributed by atoms with Gasteiger partial charge in [0.2, 0.25) is 12.7 Å². The molecule has 1 aromatic heterocycles. The van der Waals surface area contributed by atoms with E-state index in [9.17, 15) is 13.6 Å². The van der Waals surface area contributed by atoms with Gasteiger partial charge in [0.25, 0.3) is 6.43 Å². The summed E-state index contributed by atoms with van der Waals surface area (Å²) >= 11 is 0. The molecule has 1 rings (SSSR count). The van der Waals surface area contributed by atoms with E-state index >= 15 is 0 Å². The van der Waals surface area contributed by atoms with E-state index < -0.39 is 18.9 Å². The summed E-state index contributed by atoms with van der Waals surface area (Å²) in [5.41, 5.74) is 0.383. The number of carbonyl (C=O) groups is 1. The highest BCUT2D eigenvalue weighted by atomic mass is 19.3. The number of alkyl halides is 2. The molecule has 2 N–H and O–H groups in total. The van der Waals surface area contributed by atoms with Gasteiger partial charge in [-0.1, -0.05) is 0 Å². The van der Waals surface area contributed by atoms with E-state index in [4.69, 9.17) is 5.11 Å². The van der Waals surface area contributed by atoms with Crippen molar-refractivity contribution >= 4 is 5.97 Å². The highest BCUT2D eigenvalue weighted by Gasteiger charge is 2.19. The van der Waals surface area contributed by atoms with Gasteiger partial charge in [-0.2, -0.15) is 5.10 Å². The Morgan fingerprint density at radius 3 is 2.77 bits per heavy atom. The number of rotatable bonds is 3. The fourth-order valence-corrected chi connectivity index (χ4v) is 1.02. The molecule has 1 heterocycles.